The Morgan fingerprint density at radius 1 is 0.857 bits per heavy atom. The fourth-order valence-corrected chi connectivity index (χ4v) is 3.46. The van der Waals surface area contributed by atoms with Crippen molar-refractivity contribution in [1.29, 1.82) is 0 Å². The molecule has 5 aromatic rings. The Hall–Kier alpha value is -3.73. The summed E-state index contributed by atoms with van der Waals surface area (Å²) in [5, 5.41) is 4.53. The molecule has 2 heterocycles. The van der Waals surface area contributed by atoms with Gasteiger partial charge in [-0.2, -0.15) is 0 Å². The molecule has 0 spiro atoms. The van der Waals surface area contributed by atoms with Gasteiger partial charge in [-0.1, -0.05) is 36.4 Å². The molecule has 136 valence electrons. The van der Waals surface area contributed by atoms with Crippen molar-refractivity contribution in [2.45, 2.75) is 0 Å². The summed E-state index contributed by atoms with van der Waals surface area (Å²) in [5.41, 5.74) is 4.07. The largest absolute Gasteiger partial charge is 0.464 e. The highest BCUT2D eigenvalue weighted by molar-refractivity contribution is 5.98. The first kappa shape index (κ1) is 16.4. The minimum absolute atomic E-state index is 0.292. The maximum atomic E-state index is 14.0. The van der Waals surface area contributed by atoms with E-state index in [4.69, 9.17) is 9.40 Å². The van der Waals surface area contributed by atoms with Gasteiger partial charge in [-0.05, 0) is 35.9 Å². The van der Waals surface area contributed by atoms with Gasteiger partial charge in [0.25, 0.3) is 0 Å². The Balaban J connectivity index is 1.71. The van der Waals surface area contributed by atoms with Crippen LogP contribution in [-0.2, 0) is 0 Å². The number of benzene rings is 3. The van der Waals surface area contributed by atoms with Crippen LogP contribution < -0.4 is 5.32 Å². The van der Waals surface area contributed by atoms with E-state index in [0.717, 1.165) is 33.4 Å². The minimum Gasteiger partial charge on any atom is -0.464 e. The van der Waals surface area contributed by atoms with Gasteiger partial charge in [-0.25, -0.2) is 14.4 Å². The molecule has 2 aromatic heterocycles. The molecule has 1 N–H and O–H groups in total. The summed E-state index contributed by atoms with van der Waals surface area (Å²) in [6, 6.07) is 20.6. The van der Waals surface area contributed by atoms with Gasteiger partial charge in [0.2, 0.25) is 0 Å². The van der Waals surface area contributed by atoms with Crippen LogP contribution in [0.5, 0.6) is 0 Å². The van der Waals surface area contributed by atoms with Crippen LogP contribution in [0.4, 0.5) is 10.2 Å². The average Bonchev–Trinajstić information content (AvgIpc) is 3.24. The van der Waals surface area contributed by atoms with Crippen molar-refractivity contribution in [3.05, 3.63) is 78.8 Å². The molecular formula is C23H16FN3O. The molecule has 5 rings (SSSR count). The van der Waals surface area contributed by atoms with E-state index >= 15 is 0 Å². The molecule has 4 nitrogen and oxygen atoms in total. The Morgan fingerprint density at radius 2 is 1.71 bits per heavy atom. The quantitative estimate of drug-likeness (QED) is 0.431. The van der Waals surface area contributed by atoms with Crippen molar-refractivity contribution >= 4 is 27.7 Å². The second-order valence-corrected chi connectivity index (χ2v) is 6.50. The van der Waals surface area contributed by atoms with Crippen LogP contribution in [0.2, 0.25) is 0 Å². The second-order valence-electron chi connectivity index (χ2n) is 6.50. The summed E-state index contributed by atoms with van der Waals surface area (Å²) in [7, 11) is 1.84. The van der Waals surface area contributed by atoms with Crippen molar-refractivity contribution in [1.82, 2.24) is 9.97 Å². The van der Waals surface area contributed by atoms with Crippen molar-refractivity contribution in [3.63, 3.8) is 0 Å². The number of aromatic nitrogens is 2. The summed E-state index contributed by atoms with van der Waals surface area (Å²) in [6.45, 7) is 0. The van der Waals surface area contributed by atoms with Gasteiger partial charge in [0.05, 0.1) is 17.2 Å². The lowest BCUT2D eigenvalue weighted by Crippen LogP contribution is -1.99. The molecule has 0 unspecified atom stereocenters. The van der Waals surface area contributed by atoms with Gasteiger partial charge in [0.1, 0.15) is 17.2 Å². The molecule has 0 aliphatic rings. The first-order valence-corrected chi connectivity index (χ1v) is 8.95. The fourth-order valence-electron chi connectivity index (χ4n) is 3.46. The van der Waals surface area contributed by atoms with Crippen LogP contribution >= 0.6 is 0 Å². The Kier molecular flexibility index (Phi) is 3.79. The van der Waals surface area contributed by atoms with Crippen molar-refractivity contribution < 1.29 is 8.81 Å². The topological polar surface area (TPSA) is 51.0 Å². The number of nitrogens with zero attached hydrogens (tertiary/aromatic N) is 2. The van der Waals surface area contributed by atoms with Crippen LogP contribution in [0.3, 0.4) is 0 Å². The lowest BCUT2D eigenvalue weighted by molar-refractivity contribution is 0.611. The second kappa shape index (κ2) is 6.46. The predicted molar refractivity (Wildman–Crippen MR) is 110 cm³/mol. The molecule has 0 amide bonds. The molecular weight excluding hydrogens is 353 g/mol. The Labute approximate surface area is 160 Å². The molecule has 28 heavy (non-hydrogen) atoms. The van der Waals surface area contributed by atoms with Crippen LogP contribution in [0.1, 0.15) is 0 Å². The summed E-state index contributed by atoms with van der Waals surface area (Å²) >= 11 is 0. The van der Waals surface area contributed by atoms with E-state index in [-0.39, 0.29) is 5.82 Å². The molecule has 0 bridgehead atoms. The zero-order valence-corrected chi connectivity index (χ0v) is 15.1. The van der Waals surface area contributed by atoms with Gasteiger partial charge in [0, 0.05) is 23.6 Å². The maximum Gasteiger partial charge on any atom is 0.162 e. The van der Waals surface area contributed by atoms with Crippen LogP contribution in [0, 0.1) is 5.82 Å². The smallest absolute Gasteiger partial charge is 0.162 e. The van der Waals surface area contributed by atoms with Crippen molar-refractivity contribution in [2.24, 2.45) is 0 Å². The van der Waals surface area contributed by atoms with E-state index < -0.39 is 0 Å². The van der Waals surface area contributed by atoms with Crippen molar-refractivity contribution in [2.75, 3.05) is 12.4 Å². The third-order valence-electron chi connectivity index (χ3n) is 4.84. The number of furan rings is 1. The van der Waals surface area contributed by atoms with E-state index in [1.54, 1.807) is 12.1 Å². The molecule has 3 aromatic carbocycles. The molecule has 0 saturated carbocycles. The number of fused-ring (bicyclic) bond motifs is 2. The molecule has 0 fully saturated rings. The third-order valence-corrected chi connectivity index (χ3v) is 4.84. The Morgan fingerprint density at radius 3 is 2.54 bits per heavy atom. The molecule has 0 aliphatic heterocycles. The number of halogens is 1. The van der Waals surface area contributed by atoms with Gasteiger partial charge in [0.15, 0.2) is 5.82 Å². The SMILES string of the molecule is CNc1nc(-c2ccccc2)nc2ccc(-c3ccc(F)c4ccoc34)cc12. The normalized spacial score (nSPS) is 11.2. The van der Waals surface area contributed by atoms with Gasteiger partial charge in [-0.15, -0.1) is 0 Å². The molecule has 0 radical (unpaired) electrons. The van der Waals surface area contributed by atoms with Gasteiger partial charge in [-0.3, -0.25) is 0 Å². The molecule has 0 aliphatic carbocycles. The van der Waals surface area contributed by atoms with E-state index in [1.807, 2.05) is 55.6 Å². The summed E-state index contributed by atoms with van der Waals surface area (Å²) in [5.74, 6) is 1.11. The number of anilines is 1. The minimum atomic E-state index is -0.292. The number of hydrogen-bond donors (Lipinski definition) is 1. The van der Waals surface area contributed by atoms with Crippen LogP contribution in [0.25, 0.3) is 44.4 Å². The average molecular weight is 369 g/mol. The highest BCUT2D eigenvalue weighted by Crippen LogP contribution is 2.34. The van der Waals surface area contributed by atoms with Gasteiger partial charge < -0.3 is 9.73 Å². The van der Waals surface area contributed by atoms with Crippen molar-refractivity contribution in [3.8, 4) is 22.5 Å². The first-order valence-electron chi connectivity index (χ1n) is 8.95. The lowest BCUT2D eigenvalue weighted by atomic mass is 10.0. The highest BCUT2D eigenvalue weighted by Gasteiger charge is 2.14. The van der Waals surface area contributed by atoms with E-state index in [0.29, 0.717) is 16.8 Å². The van der Waals surface area contributed by atoms with Gasteiger partial charge >= 0.3 is 0 Å². The molecule has 0 atom stereocenters. The number of rotatable bonds is 3. The molecule has 0 saturated heterocycles. The third kappa shape index (κ3) is 2.60. The summed E-state index contributed by atoms with van der Waals surface area (Å²) in [4.78, 5) is 9.41. The first-order chi connectivity index (χ1) is 13.7. The fraction of sp³-hybridized carbons (Fsp3) is 0.0435. The van der Waals surface area contributed by atoms with E-state index in [9.17, 15) is 4.39 Å². The summed E-state index contributed by atoms with van der Waals surface area (Å²) in [6.07, 6.45) is 1.51. The molecule has 5 heteroatoms. The van der Waals surface area contributed by atoms with E-state index in [1.165, 1.54) is 12.3 Å². The number of nitrogens with one attached hydrogen (secondary N) is 1. The Bertz CT molecular complexity index is 1310. The van der Waals surface area contributed by atoms with Crippen LogP contribution in [-0.4, -0.2) is 17.0 Å². The van der Waals surface area contributed by atoms with E-state index in [2.05, 4.69) is 10.3 Å². The van der Waals surface area contributed by atoms with Crippen LogP contribution in [0.15, 0.2) is 77.4 Å². The highest BCUT2D eigenvalue weighted by atomic mass is 19.1. The zero-order valence-electron chi connectivity index (χ0n) is 15.1. The monoisotopic (exact) mass is 369 g/mol. The number of hydrogen-bond acceptors (Lipinski definition) is 4. The predicted octanol–water partition coefficient (Wildman–Crippen LogP) is 5.89. The standard InChI is InChI=1S/C23H16FN3O/c1-25-23-18-13-15(16-8-9-19(24)17-11-12-28-21(16)17)7-10-20(18)26-22(27-23)14-5-3-2-4-6-14/h2-13H,1H3,(H,25,26,27). The maximum absolute atomic E-state index is 14.0. The zero-order chi connectivity index (χ0) is 19.1. The lowest BCUT2D eigenvalue weighted by Gasteiger charge is -2.10. The summed E-state index contributed by atoms with van der Waals surface area (Å²) < 4.78 is 19.5.